The number of nitrogens with two attached hydrogens (primary N) is 1. The monoisotopic (exact) mass is 332 g/mol. The molecule has 1 fully saturated rings. The van der Waals surface area contributed by atoms with Gasteiger partial charge >= 0.3 is 0 Å². The normalized spacial score (nSPS) is 17.0. The van der Waals surface area contributed by atoms with E-state index in [1.54, 1.807) is 7.11 Å². The molecule has 0 unspecified atom stereocenters. The first kappa shape index (κ1) is 13.8. The number of likely N-dealkylation sites (tertiary alicyclic amines) is 1. The lowest BCUT2D eigenvalue weighted by molar-refractivity contribution is 0.0716. The number of piperidine rings is 1. The second-order valence-electron chi connectivity index (χ2n) is 4.46. The highest BCUT2D eigenvalue weighted by Crippen LogP contribution is 2.39. The molecule has 1 aromatic rings. The second kappa shape index (κ2) is 5.59. The Morgan fingerprint density at radius 2 is 2.11 bits per heavy atom. The van der Waals surface area contributed by atoms with Gasteiger partial charge < -0.3 is 15.4 Å². The van der Waals surface area contributed by atoms with Gasteiger partial charge in [-0.3, -0.25) is 4.79 Å². The Labute approximate surface area is 119 Å². The highest BCUT2D eigenvalue weighted by Gasteiger charge is 2.27. The molecule has 6 heteroatoms. The van der Waals surface area contributed by atoms with Crippen molar-refractivity contribution >= 4 is 33.2 Å². The highest BCUT2D eigenvalue weighted by molar-refractivity contribution is 9.10. The molecule has 0 radical (unpaired) electrons. The zero-order chi connectivity index (χ0) is 13.3. The van der Waals surface area contributed by atoms with E-state index in [0.29, 0.717) is 10.6 Å². The number of nitrogens with zero attached hydrogens (tertiary/aromatic N) is 1. The summed E-state index contributed by atoms with van der Waals surface area (Å²) in [6.07, 6.45) is 1.75. The second-order valence-corrected chi connectivity index (χ2v) is 6.48. The Bertz CT molecular complexity index is 453. The molecule has 1 aromatic heterocycles. The van der Waals surface area contributed by atoms with E-state index in [0.717, 1.165) is 35.3 Å². The van der Waals surface area contributed by atoms with Gasteiger partial charge in [-0.1, -0.05) is 0 Å². The molecule has 4 nitrogen and oxygen atoms in total. The molecule has 1 amide bonds. The average molecular weight is 333 g/mol. The number of amides is 1. The number of aryl methyl sites for hydroxylation is 1. The smallest absolute Gasteiger partial charge is 0.267 e. The van der Waals surface area contributed by atoms with Crippen LogP contribution in [-0.4, -0.2) is 37.0 Å². The molecule has 0 saturated carbocycles. The Kier molecular flexibility index (Phi) is 4.29. The number of carbonyl (C=O) groups excluding carboxylic acids is 1. The lowest BCUT2D eigenvalue weighted by Crippen LogP contribution is -2.42. The SMILES string of the molecule is COc1c(C(=O)N2CCC(N)CC2)sc(C)c1Br. The van der Waals surface area contributed by atoms with Crippen LogP contribution in [0.2, 0.25) is 0 Å². The molecule has 1 aliphatic rings. The molecule has 0 aliphatic carbocycles. The first-order valence-corrected chi connectivity index (χ1v) is 7.53. The minimum Gasteiger partial charge on any atom is -0.494 e. The van der Waals surface area contributed by atoms with Crippen LogP contribution in [0, 0.1) is 6.92 Å². The maximum absolute atomic E-state index is 12.4. The Morgan fingerprint density at radius 1 is 1.50 bits per heavy atom. The number of methoxy groups -OCH3 is 1. The third-order valence-corrected chi connectivity index (χ3v) is 5.49. The zero-order valence-electron chi connectivity index (χ0n) is 10.5. The van der Waals surface area contributed by atoms with Crippen LogP contribution in [0.15, 0.2) is 4.47 Å². The van der Waals surface area contributed by atoms with Crippen LogP contribution in [0.25, 0.3) is 0 Å². The van der Waals surface area contributed by atoms with E-state index < -0.39 is 0 Å². The molecule has 2 rings (SSSR count). The van der Waals surface area contributed by atoms with Gasteiger partial charge in [-0.25, -0.2) is 0 Å². The summed E-state index contributed by atoms with van der Waals surface area (Å²) in [4.78, 5) is 16.0. The third-order valence-electron chi connectivity index (χ3n) is 3.20. The lowest BCUT2D eigenvalue weighted by Gasteiger charge is -2.29. The number of hydrogen-bond acceptors (Lipinski definition) is 4. The van der Waals surface area contributed by atoms with Crippen molar-refractivity contribution < 1.29 is 9.53 Å². The quantitative estimate of drug-likeness (QED) is 0.904. The van der Waals surface area contributed by atoms with Gasteiger partial charge in [-0.2, -0.15) is 0 Å². The summed E-state index contributed by atoms with van der Waals surface area (Å²) in [5.41, 5.74) is 5.85. The van der Waals surface area contributed by atoms with E-state index in [9.17, 15) is 4.79 Å². The number of rotatable bonds is 2. The molecule has 0 bridgehead atoms. The van der Waals surface area contributed by atoms with E-state index in [1.165, 1.54) is 11.3 Å². The number of hydrogen-bond donors (Lipinski definition) is 1. The Morgan fingerprint density at radius 3 is 2.67 bits per heavy atom. The van der Waals surface area contributed by atoms with Crippen molar-refractivity contribution in [3.63, 3.8) is 0 Å². The zero-order valence-corrected chi connectivity index (χ0v) is 12.9. The molecule has 0 aromatic carbocycles. The van der Waals surface area contributed by atoms with Crippen molar-refractivity contribution in [1.29, 1.82) is 0 Å². The first-order chi connectivity index (χ1) is 8.54. The molecule has 1 aliphatic heterocycles. The van der Waals surface area contributed by atoms with Crippen molar-refractivity contribution in [1.82, 2.24) is 4.90 Å². The third kappa shape index (κ3) is 2.55. The number of halogens is 1. The Hall–Kier alpha value is -0.590. The van der Waals surface area contributed by atoms with Crippen LogP contribution < -0.4 is 10.5 Å². The van der Waals surface area contributed by atoms with E-state index in [2.05, 4.69) is 15.9 Å². The lowest BCUT2D eigenvalue weighted by atomic mass is 10.1. The summed E-state index contributed by atoms with van der Waals surface area (Å²) in [6, 6.07) is 0.229. The van der Waals surface area contributed by atoms with Gasteiger partial charge in [0.25, 0.3) is 5.91 Å². The van der Waals surface area contributed by atoms with Crippen LogP contribution in [0.1, 0.15) is 27.4 Å². The first-order valence-electron chi connectivity index (χ1n) is 5.92. The molecule has 0 atom stereocenters. The summed E-state index contributed by atoms with van der Waals surface area (Å²) in [5, 5.41) is 0. The predicted octanol–water partition coefficient (Wildman–Crippen LogP) is 2.39. The molecular weight excluding hydrogens is 316 g/mol. The van der Waals surface area contributed by atoms with E-state index in [4.69, 9.17) is 10.5 Å². The van der Waals surface area contributed by atoms with Gasteiger partial charge in [0.15, 0.2) is 5.75 Å². The Balaban J connectivity index is 2.21. The van der Waals surface area contributed by atoms with Gasteiger partial charge in [0, 0.05) is 24.0 Å². The fourth-order valence-electron chi connectivity index (χ4n) is 2.07. The van der Waals surface area contributed by atoms with Crippen molar-refractivity contribution in [3.05, 3.63) is 14.2 Å². The molecule has 2 N–H and O–H groups in total. The number of carbonyl (C=O) groups is 1. The van der Waals surface area contributed by atoms with Gasteiger partial charge in [0.2, 0.25) is 0 Å². The van der Waals surface area contributed by atoms with Crippen LogP contribution in [0.5, 0.6) is 5.75 Å². The molecule has 100 valence electrons. The van der Waals surface area contributed by atoms with Gasteiger partial charge in [0.05, 0.1) is 11.6 Å². The van der Waals surface area contributed by atoms with Gasteiger partial charge in [-0.15, -0.1) is 11.3 Å². The van der Waals surface area contributed by atoms with Crippen LogP contribution in [0.3, 0.4) is 0 Å². The molecule has 1 saturated heterocycles. The van der Waals surface area contributed by atoms with Gasteiger partial charge in [-0.05, 0) is 35.7 Å². The van der Waals surface area contributed by atoms with Crippen LogP contribution in [0.4, 0.5) is 0 Å². The van der Waals surface area contributed by atoms with Crippen molar-refractivity contribution in [3.8, 4) is 5.75 Å². The summed E-state index contributed by atoms with van der Waals surface area (Å²) < 4.78 is 6.20. The average Bonchev–Trinajstić information content (AvgIpc) is 2.65. The van der Waals surface area contributed by atoms with E-state index in [1.807, 2.05) is 11.8 Å². The molecular formula is C12H17BrN2O2S. The minimum absolute atomic E-state index is 0.0533. The summed E-state index contributed by atoms with van der Waals surface area (Å²) in [6.45, 7) is 3.44. The summed E-state index contributed by atoms with van der Waals surface area (Å²) in [7, 11) is 1.59. The van der Waals surface area contributed by atoms with Crippen LogP contribution >= 0.6 is 27.3 Å². The summed E-state index contributed by atoms with van der Waals surface area (Å²) in [5.74, 6) is 0.704. The summed E-state index contributed by atoms with van der Waals surface area (Å²) >= 11 is 4.93. The number of thiophene rings is 1. The van der Waals surface area contributed by atoms with Crippen molar-refractivity contribution in [2.75, 3.05) is 20.2 Å². The maximum Gasteiger partial charge on any atom is 0.267 e. The van der Waals surface area contributed by atoms with E-state index in [-0.39, 0.29) is 11.9 Å². The largest absolute Gasteiger partial charge is 0.494 e. The van der Waals surface area contributed by atoms with Gasteiger partial charge in [0.1, 0.15) is 4.88 Å². The van der Waals surface area contributed by atoms with Crippen LogP contribution in [-0.2, 0) is 0 Å². The highest BCUT2D eigenvalue weighted by atomic mass is 79.9. The molecule has 2 heterocycles. The van der Waals surface area contributed by atoms with Crippen molar-refractivity contribution in [2.24, 2.45) is 5.73 Å². The fraction of sp³-hybridized carbons (Fsp3) is 0.583. The van der Waals surface area contributed by atoms with Crippen molar-refractivity contribution in [2.45, 2.75) is 25.8 Å². The maximum atomic E-state index is 12.4. The molecule has 0 spiro atoms. The standard InChI is InChI=1S/C12H17BrN2O2S/c1-7-9(13)10(17-2)11(18-7)12(16)15-5-3-8(14)4-6-15/h8H,3-6,14H2,1-2H3. The fourth-order valence-corrected chi connectivity index (χ4v) is 3.79. The number of ether oxygens (including phenoxy) is 1. The minimum atomic E-state index is 0.0533. The topological polar surface area (TPSA) is 55.6 Å². The molecule has 18 heavy (non-hydrogen) atoms. The predicted molar refractivity (Wildman–Crippen MR) is 76.4 cm³/mol. The van der Waals surface area contributed by atoms with E-state index >= 15 is 0 Å².